The van der Waals surface area contributed by atoms with Gasteiger partial charge in [0, 0.05) is 13.8 Å². The van der Waals surface area contributed by atoms with Crippen molar-refractivity contribution in [2.24, 2.45) is 0 Å². The number of rotatable bonds is 11. The summed E-state index contributed by atoms with van der Waals surface area (Å²) < 4.78 is 21.6. The van der Waals surface area contributed by atoms with E-state index in [-0.39, 0.29) is 24.3 Å². The van der Waals surface area contributed by atoms with Crippen LogP contribution in [0, 0.1) is 0 Å². The van der Waals surface area contributed by atoms with E-state index in [9.17, 15) is 19.2 Å². The van der Waals surface area contributed by atoms with Gasteiger partial charge in [-0.15, -0.1) is 0 Å². The fraction of sp³-hybridized carbons (Fsp3) is 0.273. The Hall–Kier alpha value is -4.08. The van der Waals surface area contributed by atoms with E-state index in [1.165, 1.54) is 62.4 Å². The van der Waals surface area contributed by atoms with Gasteiger partial charge < -0.3 is 29.2 Å². The molecule has 0 amide bonds. The van der Waals surface area contributed by atoms with Crippen LogP contribution in [0.3, 0.4) is 0 Å². The van der Waals surface area contributed by atoms with Gasteiger partial charge >= 0.3 is 23.9 Å². The number of ether oxygens (including phenoxy) is 4. The molecular weight excluding hydrogens is 424 g/mol. The second kappa shape index (κ2) is 11.3. The Morgan fingerprint density at radius 2 is 0.969 bits per heavy atom. The summed E-state index contributed by atoms with van der Waals surface area (Å²) in [4.78, 5) is 45.0. The van der Waals surface area contributed by atoms with Gasteiger partial charge in [-0.2, -0.15) is 0 Å². The highest BCUT2D eigenvalue weighted by molar-refractivity contribution is 5.88. The summed E-state index contributed by atoms with van der Waals surface area (Å²) in [5.74, 6) is -2.81. The third-order valence-electron chi connectivity index (χ3n) is 4.08. The Morgan fingerprint density at radius 3 is 1.22 bits per heavy atom. The minimum Gasteiger partial charge on any atom is -0.490 e. The van der Waals surface area contributed by atoms with Crippen molar-refractivity contribution >= 4 is 23.9 Å². The smallest absolute Gasteiger partial charge is 0.335 e. The predicted octanol–water partition coefficient (Wildman–Crippen LogP) is 2.40. The van der Waals surface area contributed by atoms with Gasteiger partial charge in [-0.25, -0.2) is 9.59 Å². The van der Waals surface area contributed by atoms with E-state index >= 15 is 0 Å². The molecule has 2 aromatic rings. The number of esters is 2. The maximum absolute atomic E-state index is 11.6. The number of hydrogen-bond donors (Lipinski definition) is 2. The second-order valence-electron chi connectivity index (χ2n) is 6.58. The molecule has 2 rings (SSSR count). The lowest BCUT2D eigenvalue weighted by Crippen LogP contribution is -2.42. The second-order valence-corrected chi connectivity index (χ2v) is 6.58. The molecule has 0 aliphatic rings. The predicted molar refractivity (Wildman–Crippen MR) is 109 cm³/mol. The van der Waals surface area contributed by atoms with Crippen LogP contribution in [0.5, 0.6) is 11.5 Å². The Kier molecular flexibility index (Phi) is 8.58. The lowest BCUT2D eigenvalue weighted by atomic mass is 10.2. The molecule has 0 heterocycles. The number of carboxylic acid groups (broad SMARTS) is 2. The summed E-state index contributed by atoms with van der Waals surface area (Å²) in [7, 11) is 0. The van der Waals surface area contributed by atoms with Crippen molar-refractivity contribution in [1.29, 1.82) is 0 Å². The van der Waals surface area contributed by atoms with Crippen LogP contribution in [0.15, 0.2) is 48.5 Å². The topological polar surface area (TPSA) is 146 Å². The third-order valence-corrected chi connectivity index (χ3v) is 4.08. The molecule has 0 aromatic heterocycles. The fourth-order valence-electron chi connectivity index (χ4n) is 2.61. The highest BCUT2D eigenvalue weighted by Crippen LogP contribution is 2.17. The van der Waals surface area contributed by atoms with Crippen molar-refractivity contribution in [2.45, 2.75) is 26.1 Å². The Labute approximate surface area is 183 Å². The van der Waals surface area contributed by atoms with Crippen LogP contribution in [-0.2, 0) is 19.1 Å². The molecule has 0 fully saturated rings. The van der Waals surface area contributed by atoms with Gasteiger partial charge in [0.1, 0.15) is 24.7 Å². The monoisotopic (exact) mass is 446 g/mol. The third kappa shape index (κ3) is 7.63. The van der Waals surface area contributed by atoms with E-state index < -0.39 is 36.1 Å². The van der Waals surface area contributed by atoms with E-state index in [0.717, 1.165) is 0 Å². The number of aromatic carboxylic acids is 2. The van der Waals surface area contributed by atoms with Crippen molar-refractivity contribution in [3.05, 3.63) is 59.7 Å². The van der Waals surface area contributed by atoms with Crippen LogP contribution in [0.4, 0.5) is 0 Å². The van der Waals surface area contributed by atoms with Crippen LogP contribution >= 0.6 is 0 Å². The summed E-state index contributed by atoms with van der Waals surface area (Å²) in [5, 5.41) is 17.9. The Bertz CT molecular complexity index is 870. The zero-order valence-electron chi connectivity index (χ0n) is 17.3. The van der Waals surface area contributed by atoms with Crippen molar-refractivity contribution in [1.82, 2.24) is 0 Å². The van der Waals surface area contributed by atoms with Crippen LogP contribution in [0.1, 0.15) is 34.6 Å². The number of hydrogen-bond acceptors (Lipinski definition) is 8. The SMILES string of the molecule is CC(=O)O[C@@H](COc1ccc(C(=O)O)cc1)[C@H](COc1ccc(C(=O)O)cc1)OC(C)=O. The number of carboxylic acids is 2. The van der Waals surface area contributed by atoms with Gasteiger partial charge in [0.05, 0.1) is 11.1 Å². The summed E-state index contributed by atoms with van der Waals surface area (Å²) >= 11 is 0. The van der Waals surface area contributed by atoms with E-state index in [2.05, 4.69) is 0 Å². The standard InChI is InChI=1S/C22H22O10/c1-13(23)31-19(11-29-17-7-3-15(4-8-17)21(25)26)20(32-14(2)24)12-30-18-9-5-16(6-10-18)22(27)28/h3-10,19-20H,11-12H2,1-2H3,(H,25,26)(H,27,28)/t19-,20-/m0/s1. The zero-order valence-corrected chi connectivity index (χ0v) is 17.3. The van der Waals surface area contributed by atoms with Gasteiger partial charge in [-0.05, 0) is 48.5 Å². The van der Waals surface area contributed by atoms with Gasteiger partial charge in [0.2, 0.25) is 0 Å². The maximum Gasteiger partial charge on any atom is 0.335 e. The highest BCUT2D eigenvalue weighted by Gasteiger charge is 2.29. The minimum atomic E-state index is -1.09. The lowest BCUT2D eigenvalue weighted by Gasteiger charge is -2.26. The van der Waals surface area contributed by atoms with Crippen LogP contribution < -0.4 is 9.47 Å². The van der Waals surface area contributed by atoms with Gasteiger partial charge in [0.15, 0.2) is 12.2 Å². The first-order chi connectivity index (χ1) is 15.2. The number of carbonyl (C=O) groups excluding carboxylic acids is 2. The maximum atomic E-state index is 11.6. The average molecular weight is 446 g/mol. The van der Waals surface area contributed by atoms with E-state index in [1.807, 2.05) is 0 Å². The van der Waals surface area contributed by atoms with Crippen LogP contribution in [0.2, 0.25) is 0 Å². The molecular formula is C22H22O10. The molecule has 0 saturated carbocycles. The largest absolute Gasteiger partial charge is 0.490 e. The van der Waals surface area contributed by atoms with Crippen LogP contribution in [0.25, 0.3) is 0 Å². The normalized spacial score (nSPS) is 12.2. The van der Waals surface area contributed by atoms with E-state index in [1.54, 1.807) is 0 Å². The van der Waals surface area contributed by atoms with Crippen LogP contribution in [-0.4, -0.2) is 59.5 Å². The molecule has 2 atom stereocenters. The average Bonchev–Trinajstić information content (AvgIpc) is 2.74. The molecule has 2 aromatic carbocycles. The Morgan fingerprint density at radius 1 is 0.656 bits per heavy atom. The molecule has 0 radical (unpaired) electrons. The quantitative estimate of drug-likeness (QED) is 0.493. The summed E-state index contributed by atoms with van der Waals surface area (Å²) in [5.41, 5.74) is 0.156. The summed E-state index contributed by atoms with van der Waals surface area (Å²) in [6.07, 6.45) is -2.07. The van der Waals surface area contributed by atoms with E-state index in [0.29, 0.717) is 11.5 Å². The first-order valence-corrected chi connectivity index (χ1v) is 9.42. The van der Waals surface area contributed by atoms with Gasteiger partial charge in [-0.3, -0.25) is 9.59 Å². The first kappa shape index (κ1) is 24.2. The number of benzene rings is 2. The molecule has 0 spiro atoms. The molecule has 0 unspecified atom stereocenters. The van der Waals surface area contributed by atoms with Gasteiger partial charge in [0.25, 0.3) is 0 Å². The van der Waals surface area contributed by atoms with Crippen molar-refractivity contribution in [3.8, 4) is 11.5 Å². The fourth-order valence-corrected chi connectivity index (χ4v) is 2.61. The molecule has 170 valence electrons. The molecule has 0 bridgehead atoms. The summed E-state index contributed by atoms with van der Waals surface area (Å²) in [6.45, 7) is 1.96. The molecule has 32 heavy (non-hydrogen) atoms. The lowest BCUT2D eigenvalue weighted by molar-refractivity contribution is -0.170. The molecule has 10 heteroatoms. The highest BCUT2D eigenvalue weighted by atomic mass is 16.6. The van der Waals surface area contributed by atoms with Gasteiger partial charge in [-0.1, -0.05) is 0 Å². The molecule has 0 aliphatic heterocycles. The minimum absolute atomic E-state index is 0.0778. The van der Waals surface area contributed by atoms with E-state index in [4.69, 9.17) is 29.2 Å². The first-order valence-electron chi connectivity index (χ1n) is 9.42. The Balaban J connectivity index is 2.10. The molecule has 10 nitrogen and oxygen atoms in total. The van der Waals surface area contributed by atoms with Crippen molar-refractivity contribution < 1.29 is 48.3 Å². The van der Waals surface area contributed by atoms with Crippen molar-refractivity contribution in [3.63, 3.8) is 0 Å². The molecule has 0 aliphatic carbocycles. The molecule has 2 N–H and O–H groups in total. The number of carbonyl (C=O) groups is 4. The van der Waals surface area contributed by atoms with Crippen molar-refractivity contribution in [2.75, 3.05) is 13.2 Å². The molecule has 0 saturated heterocycles. The summed E-state index contributed by atoms with van der Waals surface area (Å²) in [6, 6.07) is 11.2. The zero-order chi connectivity index (χ0) is 23.7.